The molecule has 2 aromatic heterocycles. The van der Waals surface area contributed by atoms with Crippen molar-refractivity contribution in [2.75, 3.05) is 7.11 Å². The summed E-state index contributed by atoms with van der Waals surface area (Å²) >= 11 is 0. The average molecular weight is 496 g/mol. The topological polar surface area (TPSA) is 119 Å². The van der Waals surface area contributed by atoms with Gasteiger partial charge in [0, 0.05) is 25.6 Å². The van der Waals surface area contributed by atoms with Crippen molar-refractivity contribution in [3.8, 4) is 17.2 Å². The number of nitrogens with zero attached hydrogens (tertiary/aromatic N) is 3. The van der Waals surface area contributed by atoms with Crippen molar-refractivity contribution in [2.45, 2.75) is 58.5 Å². The Balaban J connectivity index is 1.38. The lowest BCUT2D eigenvalue weighted by molar-refractivity contribution is -0.119. The molecule has 0 atom stereocenters. The third kappa shape index (κ3) is 6.44. The molecule has 1 aliphatic carbocycles. The maximum atomic E-state index is 13.6. The number of carbonyl (C=O) groups excluding carboxylic acids is 2. The van der Waals surface area contributed by atoms with Crippen LogP contribution in [-0.4, -0.2) is 40.1 Å². The van der Waals surface area contributed by atoms with Gasteiger partial charge in [-0.25, -0.2) is 14.4 Å². The minimum absolute atomic E-state index is 0.0171. The molecule has 9 nitrogen and oxygen atoms in total. The van der Waals surface area contributed by atoms with E-state index in [1.54, 1.807) is 26.0 Å². The number of rotatable bonds is 8. The molecule has 0 saturated heterocycles. The van der Waals surface area contributed by atoms with Gasteiger partial charge in [-0.3, -0.25) is 9.59 Å². The van der Waals surface area contributed by atoms with Crippen LogP contribution in [0, 0.1) is 18.7 Å². The summed E-state index contributed by atoms with van der Waals surface area (Å²) in [6.45, 7) is 3.44. The lowest BCUT2D eigenvalue weighted by Gasteiger charge is -2.28. The van der Waals surface area contributed by atoms with Crippen molar-refractivity contribution in [3.05, 3.63) is 58.9 Å². The fourth-order valence-electron chi connectivity index (χ4n) is 4.52. The largest absolute Gasteiger partial charge is 0.494 e. The second-order valence-corrected chi connectivity index (χ2v) is 9.14. The fraction of sp³-hybridized carbons (Fsp3) is 0.423. The number of aryl methyl sites for hydroxylation is 1. The van der Waals surface area contributed by atoms with Gasteiger partial charge in [-0.05, 0) is 68.7 Å². The van der Waals surface area contributed by atoms with Gasteiger partial charge in [0.25, 0.3) is 5.91 Å². The molecule has 0 radical (unpaired) electrons. The third-order valence-electron chi connectivity index (χ3n) is 6.30. The zero-order valence-corrected chi connectivity index (χ0v) is 20.6. The molecule has 3 aromatic rings. The van der Waals surface area contributed by atoms with Crippen molar-refractivity contribution in [3.63, 3.8) is 0 Å². The molecule has 2 N–H and O–H groups in total. The number of carbonyl (C=O) groups is 2. The molecule has 190 valence electrons. The molecule has 1 aromatic carbocycles. The summed E-state index contributed by atoms with van der Waals surface area (Å²) < 4.78 is 24.1. The number of benzene rings is 1. The van der Waals surface area contributed by atoms with Crippen molar-refractivity contribution in [1.29, 1.82) is 0 Å². The van der Waals surface area contributed by atoms with Crippen LogP contribution in [0.2, 0.25) is 0 Å². The highest BCUT2D eigenvalue weighted by atomic mass is 19.1. The second-order valence-electron chi connectivity index (χ2n) is 9.14. The van der Waals surface area contributed by atoms with E-state index in [4.69, 9.17) is 9.26 Å². The maximum absolute atomic E-state index is 13.6. The Morgan fingerprint density at radius 1 is 1.14 bits per heavy atom. The summed E-state index contributed by atoms with van der Waals surface area (Å²) in [6.07, 6.45) is 4.75. The molecule has 0 spiro atoms. The highest BCUT2D eigenvalue weighted by Gasteiger charge is 2.23. The van der Waals surface area contributed by atoms with Crippen LogP contribution in [0.25, 0.3) is 11.5 Å². The Labute approximate surface area is 208 Å². The van der Waals surface area contributed by atoms with Gasteiger partial charge in [0.05, 0.1) is 12.8 Å². The number of aromatic nitrogens is 3. The quantitative estimate of drug-likeness (QED) is 0.488. The summed E-state index contributed by atoms with van der Waals surface area (Å²) in [6, 6.07) is 8.09. The zero-order valence-electron chi connectivity index (χ0n) is 20.6. The van der Waals surface area contributed by atoms with E-state index in [1.807, 2.05) is 6.07 Å². The van der Waals surface area contributed by atoms with Gasteiger partial charge in [0.15, 0.2) is 17.3 Å². The van der Waals surface area contributed by atoms with E-state index < -0.39 is 5.82 Å². The van der Waals surface area contributed by atoms with Crippen LogP contribution < -0.4 is 15.4 Å². The molecule has 36 heavy (non-hydrogen) atoms. The molecule has 2 amide bonds. The van der Waals surface area contributed by atoms with Crippen LogP contribution in [0.1, 0.15) is 60.2 Å². The Morgan fingerprint density at radius 3 is 2.64 bits per heavy atom. The van der Waals surface area contributed by atoms with Gasteiger partial charge in [-0.15, -0.1) is 0 Å². The minimum atomic E-state index is -0.465. The predicted octanol–water partition coefficient (Wildman–Crippen LogP) is 3.76. The fourth-order valence-corrected chi connectivity index (χ4v) is 4.52. The molecule has 0 aliphatic heterocycles. The Hall–Kier alpha value is -3.82. The monoisotopic (exact) mass is 495 g/mol. The van der Waals surface area contributed by atoms with Crippen LogP contribution >= 0.6 is 0 Å². The summed E-state index contributed by atoms with van der Waals surface area (Å²) in [5, 5.41) is 9.99. The molecule has 10 heteroatoms. The van der Waals surface area contributed by atoms with Crippen molar-refractivity contribution < 1.29 is 23.2 Å². The van der Waals surface area contributed by atoms with E-state index in [0.717, 1.165) is 37.8 Å². The second kappa shape index (κ2) is 11.3. The molecular weight excluding hydrogens is 465 g/mol. The van der Waals surface area contributed by atoms with E-state index >= 15 is 0 Å². The maximum Gasteiger partial charge on any atom is 0.270 e. The molecule has 1 saturated carbocycles. The number of amides is 2. The first-order valence-electron chi connectivity index (χ1n) is 12.0. The first-order chi connectivity index (χ1) is 17.3. The molecular formula is C26H30FN5O4. The SMILES string of the molecule is COc1cc(CNC(=O)c2cc(-c3cc(C[C@H]4CC[C@H](NC(C)=O)CC4)no3)nc(C)n2)ccc1F. The lowest BCUT2D eigenvalue weighted by atomic mass is 9.83. The van der Waals surface area contributed by atoms with Crippen LogP contribution in [0.5, 0.6) is 5.75 Å². The van der Waals surface area contributed by atoms with Gasteiger partial charge in [0.1, 0.15) is 17.2 Å². The first kappa shape index (κ1) is 25.3. The van der Waals surface area contributed by atoms with Gasteiger partial charge in [-0.2, -0.15) is 0 Å². The van der Waals surface area contributed by atoms with Crippen molar-refractivity contribution in [1.82, 2.24) is 25.8 Å². The van der Waals surface area contributed by atoms with Crippen molar-refractivity contribution >= 4 is 11.8 Å². The predicted molar refractivity (Wildman–Crippen MR) is 130 cm³/mol. The van der Waals surface area contributed by atoms with E-state index in [1.165, 1.54) is 19.2 Å². The number of halogens is 1. The summed E-state index contributed by atoms with van der Waals surface area (Å²) in [7, 11) is 1.39. The number of hydrogen-bond donors (Lipinski definition) is 2. The number of methoxy groups -OCH3 is 1. The standard InChI is InChI=1S/C26H30FN5O4/c1-15-29-22(13-23(30-15)26(34)28-14-18-6-9-21(27)24(11-18)35-3)25-12-20(32-36-25)10-17-4-7-19(8-5-17)31-16(2)33/h6,9,11-13,17,19H,4-5,7-8,10,14H2,1-3H3,(H,28,34)(H,31,33)/t17-,19-. The Morgan fingerprint density at radius 2 is 1.92 bits per heavy atom. The first-order valence-corrected chi connectivity index (χ1v) is 12.0. The lowest BCUT2D eigenvalue weighted by Crippen LogP contribution is -2.36. The van der Waals surface area contributed by atoms with Crippen LogP contribution in [-0.2, 0) is 17.8 Å². The normalized spacial score (nSPS) is 17.4. The Bertz CT molecular complexity index is 1240. The van der Waals surface area contributed by atoms with Gasteiger partial charge in [0.2, 0.25) is 5.91 Å². The number of ether oxygens (including phenoxy) is 1. The van der Waals surface area contributed by atoms with Gasteiger partial charge in [-0.1, -0.05) is 11.2 Å². The summed E-state index contributed by atoms with van der Waals surface area (Å²) in [5.41, 5.74) is 2.20. The van der Waals surface area contributed by atoms with Crippen LogP contribution in [0.3, 0.4) is 0 Å². The van der Waals surface area contributed by atoms with Crippen molar-refractivity contribution in [2.24, 2.45) is 5.92 Å². The van der Waals surface area contributed by atoms with E-state index in [-0.39, 0.29) is 35.8 Å². The Kier molecular flexibility index (Phi) is 7.92. The third-order valence-corrected chi connectivity index (χ3v) is 6.30. The zero-order chi connectivity index (χ0) is 25.7. The molecule has 1 aliphatic rings. The van der Waals surface area contributed by atoms with E-state index in [0.29, 0.717) is 28.8 Å². The smallest absolute Gasteiger partial charge is 0.270 e. The molecule has 1 fully saturated rings. The molecule has 2 heterocycles. The summed E-state index contributed by atoms with van der Waals surface area (Å²) in [5.74, 6) is 0.655. The minimum Gasteiger partial charge on any atom is -0.494 e. The number of hydrogen-bond acceptors (Lipinski definition) is 7. The van der Waals surface area contributed by atoms with Crippen LogP contribution in [0.15, 0.2) is 34.9 Å². The average Bonchev–Trinajstić information content (AvgIpc) is 3.32. The number of nitrogens with one attached hydrogen (secondary N) is 2. The van der Waals surface area contributed by atoms with Crippen LogP contribution in [0.4, 0.5) is 4.39 Å². The molecule has 4 rings (SSSR count). The van der Waals surface area contributed by atoms with E-state index in [2.05, 4.69) is 25.8 Å². The van der Waals surface area contributed by atoms with Gasteiger partial charge >= 0.3 is 0 Å². The van der Waals surface area contributed by atoms with E-state index in [9.17, 15) is 14.0 Å². The molecule has 0 unspecified atom stereocenters. The summed E-state index contributed by atoms with van der Waals surface area (Å²) in [4.78, 5) is 32.7. The highest BCUT2D eigenvalue weighted by Crippen LogP contribution is 2.28. The van der Waals surface area contributed by atoms with Gasteiger partial charge < -0.3 is 19.9 Å². The molecule has 0 bridgehead atoms. The highest BCUT2D eigenvalue weighted by molar-refractivity contribution is 5.93.